The standard InChI is InChI=1S/C13H21N3/c14-6-5-13(3-4-13)11-15-7-9-16(10-8-15)12-1-2-12/h12H,1-5,7-11H2. The molecule has 1 saturated heterocycles. The molecular formula is C13H21N3. The minimum absolute atomic E-state index is 0.399. The lowest BCUT2D eigenvalue weighted by Gasteiger charge is -2.36. The van der Waals surface area contributed by atoms with Crippen LogP contribution in [0.1, 0.15) is 32.1 Å². The molecule has 2 saturated carbocycles. The summed E-state index contributed by atoms with van der Waals surface area (Å²) in [6.45, 7) is 6.15. The highest BCUT2D eigenvalue weighted by atomic mass is 15.3. The molecular weight excluding hydrogens is 198 g/mol. The van der Waals surface area contributed by atoms with Crippen molar-refractivity contribution in [3.63, 3.8) is 0 Å². The van der Waals surface area contributed by atoms with E-state index >= 15 is 0 Å². The highest BCUT2D eigenvalue weighted by molar-refractivity contribution is 5.01. The zero-order chi connectivity index (χ0) is 11.0. The normalized spacial score (nSPS) is 29.9. The van der Waals surface area contributed by atoms with Crippen molar-refractivity contribution in [2.24, 2.45) is 5.41 Å². The monoisotopic (exact) mass is 219 g/mol. The first-order valence-electron chi connectivity index (χ1n) is 6.65. The van der Waals surface area contributed by atoms with Crippen molar-refractivity contribution in [1.82, 2.24) is 9.80 Å². The second kappa shape index (κ2) is 4.01. The SMILES string of the molecule is N#CCC1(CN2CCN(C3CC3)CC2)CC1. The average molecular weight is 219 g/mol. The molecule has 0 N–H and O–H groups in total. The second-order valence-corrected chi connectivity index (χ2v) is 5.88. The van der Waals surface area contributed by atoms with Crippen molar-refractivity contribution >= 4 is 0 Å². The van der Waals surface area contributed by atoms with Crippen molar-refractivity contribution in [2.45, 2.75) is 38.1 Å². The zero-order valence-corrected chi connectivity index (χ0v) is 9.99. The molecule has 3 aliphatic rings. The maximum Gasteiger partial charge on any atom is 0.0628 e. The molecule has 0 bridgehead atoms. The molecule has 0 radical (unpaired) electrons. The lowest BCUT2D eigenvalue weighted by Crippen LogP contribution is -2.48. The Morgan fingerprint density at radius 2 is 1.81 bits per heavy atom. The molecule has 3 heteroatoms. The Bertz CT molecular complexity index is 291. The summed E-state index contributed by atoms with van der Waals surface area (Å²) in [5.41, 5.74) is 0.399. The van der Waals surface area contributed by atoms with Crippen molar-refractivity contribution in [1.29, 1.82) is 5.26 Å². The smallest absolute Gasteiger partial charge is 0.0628 e. The van der Waals surface area contributed by atoms with Gasteiger partial charge in [-0.15, -0.1) is 0 Å². The Balaban J connectivity index is 1.45. The topological polar surface area (TPSA) is 30.3 Å². The van der Waals surface area contributed by atoms with Gasteiger partial charge in [0.15, 0.2) is 0 Å². The van der Waals surface area contributed by atoms with E-state index in [0.29, 0.717) is 5.41 Å². The van der Waals surface area contributed by atoms with Gasteiger partial charge in [-0.2, -0.15) is 5.26 Å². The summed E-state index contributed by atoms with van der Waals surface area (Å²) in [5, 5.41) is 8.82. The number of nitriles is 1. The van der Waals surface area contributed by atoms with Gasteiger partial charge in [-0.25, -0.2) is 0 Å². The minimum atomic E-state index is 0.399. The van der Waals surface area contributed by atoms with Gasteiger partial charge in [0.05, 0.1) is 6.07 Å². The Morgan fingerprint density at radius 1 is 1.12 bits per heavy atom. The van der Waals surface area contributed by atoms with Crippen LogP contribution < -0.4 is 0 Å². The summed E-state index contributed by atoms with van der Waals surface area (Å²) in [6.07, 6.45) is 6.19. The predicted octanol–water partition coefficient (Wildman–Crippen LogP) is 1.46. The summed E-state index contributed by atoms with van der Waals surface area (Å²) >= 11 is 0. The molecule has 0 aromatic carbocycles. The summed E-state index contributed by atoms with van der Waals surface area (Å²) in [7, 11) is 0. The zero-order valence-electron chi connectivity index (χ0n) is 9.99. The van der Waals surface area contributed by atoms with E-state index in [2.05, 4.69) is 15.9 Å². The van der Waals surface area contributed by atoms with E-state index < -0.39 is 0 Å². The summed E-state index contributed by atoms with van der Waals surface area (Å²) in [6, 6.07) is 3.29. The Labute approximate surface area is 98.0 Å². The van der Waals surface area contributed by atoms with Crippen LogP contribution in [0.4, 0.5) is 0 Å². The molecule has 3 nitrogen and oxygen atoms in total. The van der Waals surface area contributed by atoms with Gasteiger partial charge in [0, 0.05) is 45.2 Å². The van der Waals surface area contributed by atoms with Crippen LogP contribution in [0.25, 0.3) is 0 Å². The van der Waals surface area contributed by atoms with Gasteiger partial charge in [-0.05, 0) is 31.1 Å². The molecule has 1 heterocycles. The van der Waals surface area contributed by atoms with Crippen LogP contribution in [0.15, 0.2) is 0 Å². The molecule has 0 aromatic heterocycles. The van der Waals surface area contributed by atoms with Crippen LogP contribution in [-0.4, -0.2) is 48.6 Å². The van der Waals surface area contributed by atoms with Crippen molar-refractivity contribution in [3.8, 4) is 6.07 Å². The third-order valence-corrected chi connectivity index (χ3v) is 4.44. The van der Waals surface area contributed by atoms with Gasteiger partial charge in [-0.1, -0.05) is 0 Å². The van der Waals surface area contributed by atoms with Gasteiger partial charge >= 0.3 is 0 Å². The lowest BCUT2D eigenvalue weighted by molar-refractivity contribution is 0.109. The van der Waals surface area contributed by atoms with Crippen molar-refractivity contribution in [2.75, 3.05) is 32.7 Å². The van der Waals surface area contributed by atoms with Crippen LogP contribution >= 0.6 is 0 Å². The minimum Gasteiger partial charge on any atom is -0.300 e. The lowest BCUT2D eigenvalue weighted by atomic mass is 10.0. The van der Waals surface area contributed by atoms with E-state index in [1.807, 2.05) is 0 Å². The van der Waals surface area contributed by atoms with Gasteiger partial charge in [0.2, 0.25) is 0 Å². The highest BCUT2D eigenvalue weighted by Crippen LogP contribution is 2.49. The molecule has 3 fully saturated rings. The number of piperazine rings is 1. The Kier molecular flexibility index (Phi) is 2.65. The van der Waals surface area contributed by atoms with Gasteiger partial charge in [-0.3, -0.25) is 4.90 Å². The molecule has 0 amide bonds. The van der Waals surface area contributed by atoms with Crippen LogP contribution in [0.5, 0.6) is 0 Å². The summed E-state index contributed by atoms with van der Waals surface area (Å²) in [4.78, 5) is 5.24. The molecule has 0 spiro atoms. The molecule has 2 aliphatic carbocycles. The Hall–Kier alpha value is -0.590. The van der Waals surface area contributed by atoms with E-state index in [-0.39, 0.29) is 0 Å². The maximum atomic E-state index is 8.82. The fourth-order valence-corrected chi connectivity index (χ4v) is 2.94. The third-order valence-electron chi connectivity index (χ3n) is 4.44. The fourth-order valence-electron chi connectivity index (χ4n) is 2.94. The molecule has 0 aromatic rings. The second-order valence-electron chi connectivity index (χ2n) is 5.88. The van der Waals surface area contributed by atoms with Crippen LogP contribution in [0.3, 0.4) is 0 Å². The number of hydrogen-bond acceptors (Lipinski definition) is 3. The Morgan fingerprint density at radius 3 is 2.31 bits per heavy atom. The number of nitrogens with zero attached hydrogens (tertiary/aromatic N) is 3. The molecule has 0 atom stereocenters. The number of rotatable bonds is 4. The van der Waals surface area contributed by atoms with Gasteiger partial charge < -0.3 is 4.90 Å². The first-order valence-corrected chi connectivity index (χ1v) is 6.65. The summed E-state index contributed by atoms with van der Waals surface area (Å²) in [5.74, 6) is 0. The fraction of sp³-hybridized carbons (Fsp3) is 0.923. The summed E-state index contributed by atoms with van der Waals surface area (Å²) < 4.78 is 0. The molecule has 1 aliphatic heterocycles. The van der Waals surface area contributed by atoms with Crippen molar-refractivity contribution < 1.29 is 0 Å². The van der Waals surface area contributed by atoms with Crippen LogP contribution in [0, 0.1) is 16.7 Å². The highest BCUT2D eigenvalue weighted by Gasteiger charge is 2.44. The molecule has 16 heavy (non-hydrogen) atoms. The first-order chi connectivity index (χ1) is 7.81. The molecule has 3 rings (SSSR count). The third kappa shape index (κ3) is 2.23. The molecule has 88 valence electrons. The van der Waals surface area contributed by atoms with E-state index in [4.69, 9.17) is 5.26 Å². The molecule has 0 unspecified atom stereocenters. The van der Waals surface area contributed by atoms with Gasteiger partial charge in [0.25, 0.3) is 0 Å². The van der Waals surface area contributed by atoms with Crippen LogP contribution in [-0.2, 0) is 0 Å². The predicted molar refractivity (Wildman–Crippen MR) is 62.9 cm³/mol. The van der Waals surface area contributed by atoms with E-state index in [0.717, 1.165) is 12.5 Å². The quantitative estimate of drug-likeness (QED) is 0.717. The van der Waals surface area contributed by atoms with E-state index in [1.165, 1.54) is 58.4 Å². The maximum absolute atomic E-state index is 8.82. The first kappa shape index (κ1) is 10.6. The van der Waals surface area contributed by atoms with Gasteiger partial charge in [0.1, 0.15) is 0 Å². The average Bonchev–Trinajstić information content (AvgIpc) is 3.14. The van der Waals surface area contributed by atoms with Crippen LogP contribution in [0.2, 0.25) is 0 Å². The van der Waals surface area contributed by atoms with Crippen molar-refractivity contribution in [3.05, 3.63) is 0 Å². The van der Waals surface area contributed by atoms with E-state index in [9.17, 15) is 0 Å². The number of hydrogen-bond donors (Lipinski definition) is 0. The largest absolute Gasteiger partial charge is 0.300 e. The van der Waals surface area contributed by atoms with E-state index in [1.54, 1.807) is 0 Å².